The maximum atomic E-state index is 12.5. The molecule has 0 bridgehead atoms. The van der Waals surface area contributed by atoms with Crippen molar-refractivity contribution in [3.05, 3.63) is 84.4 Å². The number of H-pyrrole nitrogens is 1. The van der Waals surface area contributed by atoms with Crippen molar-refractivity contribution in [2.24, 2.45) is 0 Å². The van der Waals surface area contributed by atoms with E-state index in [9.17, 15) is 14.4 Å². The minimum Gasteiger partial charge on any atom is -0.496 e. The Kier molecular flexibility index (Phi) is 10.6. The Bertz CT molecular complexity index is 1920. The summed E-state index contributed by atoms with van der Waals surface area (Å²) in [6.07, 6.45) is 0. The molecule has 0 unspecified atom stereocenters. The number of aromatic nitrogens is 3. The molecule has 236 valence electrons. The number of pyridine rings is 1. The second-order valence-electron chi connectivity index (χ2n) is 11.2. The number of fused-ring (bicyclic) bond motifs is 1. The number of anilines is 1. The van der Waals surface area contributed by atoms with Gasteiger partial charge in [0.1, 0.15) is 16.5 Å². The molecule has 11 heteroatoms. The van der Waals surface area contributed by atoms with E-state index >= 15 is 0 Å². The molecule has 0 aliphatic rings. The Balaban J connectivity index is 0.000000205. The number of methoxy groups -OCH3 is 2. The van der Waals surface area contributed by atoms with E-state index in [1.54, 1.807) is 49.8 Å². The van der Waals surface area contributed by atoms with Gasteiger partial charge < -0.3 is 19.8 Å². The first-order chi connectivity index (χ1) is 21.4. The monoisotopic (exact) mass is 646 g/mol. The average molecular weight is 647 g/mol. The SMILES string of the molecule is COc1ccc(C(C)=O)c(NC(=O)c2nc(C(C)C)cs2)c1C.COc1ccc2c(=O)cc(-c3nc(C(C)C)cs3)[nH]c2c1C. The zero-order chi connectivity index (χ0) is 33.0. The first-order valence-corrected chi connectivity index (χ1v) is 16.2. The van der Waals surface area contributed by atoms with Crippen LogP contribution in [0.25, 0.3) is 21.6 Å². The number of nitrogens with zero attached hydrogens (tertiary/aromatic N) is 2. The smallest absolute Gasteiger partial charge is 0.284 e. The molecule has 0 radical (unpaired) electrons. The molecule has 2 N–H and O–H groups in total. The predicted molar refractivity (Wildman–Crippen MR) is 183 cm³/mol. The highest BCUT2D eigenvalue weighted by Crippen LogP contribution is 2.31. The molecule has 0 fully saturated rings. The van der Waals surface area contributed by atoms with Crippen LogP contribution >= 0.6 is 22.7 Å². The number of hydrogen-bond donors (Lipinski definition) is 2. The molecule has 3 heterocycles. The highest BCUT2D eigenvalue weighted by atomic mass is 32.1. The van der Waals surface area contributed by atoms with E-state index in [1.165, 1.54) is 18.3 Å². The number of thiazole rings is 2. The molecule has 0 aliphatic heterocycles. The van der Waals surface area contributed by atoms with Crippen LogP contribution in [0, 0.1) is 13.8 Å². The number of ketones is 1. The fraction of sp³-hybridized carbons (Fsp3) is 0.324. The molecule has 9 nitrogen and oxygen atoms in total. The molecule has 5 aromatic rings. The van der Waals surface area contributed by atoms with Crippen molar-refractivity contribution in [3.63, 3.8) is 0 Å². The van der Waals surface area contributed by atoms with Gasteiger partial charge in [0.15, 0.2) is 16.2 Å². The van der Waals surface area contributed by atoms with Crippen molar-refractivity contribution in [1.29, 1.82) is 0 Å². The van der Waals surface area contributed by atoms with Gasteiger partial charge in [0.05, 0.1) is 42.5 Å². The van der Waals surface area contributed by atoms with E-state index < -0.39 is 0 Å². The number of hydrogen-bond acceptors (Lipinski definition) is 9. The second-order valence-corrected chi connectivity index (χ2v) is 12.9. The van der Waals surface area contributed by atoms with Gasteiger partial charge in [0, 0.05) is 38.9 Å². The van der Waals surface area contributed by atoms with E-state index in [-0.39, 0.29) is 23.0 Å². The molecular weight excluding hydrogens is 609 g/mol. The Morgan fingerprint density at radius 1 is 0.867 bits per heavy atom. The lowest BCUT2D eigenvalue weighted by atomic mass is 10.0. The molecule has 5 rings (SSSR count). The van der Waals surface area contributed by atoms with Crippen LogP contribution < -0.4 is 20.2 Å². The Morgan fingerprint density at radius 2 is 1.47 bits per heavy atom. The Morgan fingerprint density at radius 3 is 2.04 bits per heavy atom. The van der Waals surface area contributed by atoms with E-state index in [0.29, 0.717) is 38.9 Å². The first kappa shape index (κ1) is 33.5. The minimum absolute atomic E-state index is 0.00389. The minimum atomic E-state index is -0.319. The van der Waals surface area contributed by atoms with Gasteiger partial charge in [0.2, 0.25) is 0 Å². The molecule has 0 aliphatic carbocycles. The average Bonchev–Trinajstić information content (AvgIpc) is 3.70. The molecule has 1 amide bonds. The van der Waals surface area contributed by atoms with Gasteiger partial charge in [-0.05, 0) is 56.9 Å². The summed E-state index contributed by atoms with van der Waals surface area (Å²) in [5.74, 6) is 1.58. The zero-order valence-electron chi connectivity index (χ0n) is 26.9. The normalized spacial score (nSPS) is 11.0. The summed E-state index contributed by atoms with van der Waals surface area (Å²) in [4.78, 5) is 49.0. The number of amides is 1. The van der Waals surface area contributed by atoms with Gasteiger partial charge in [0.25, 0.3) is 5.91 Å². The van der Waals surface area contributed by atoms with Crippen LogP contribution in [0.15, 0.2) is 45.9 Å². The lowest BCUT2D eigenvalue weighted by Crippen LogP contribution is -2.16. The third-order valence-electron chi connectivity index (χ3n) is 7.34. The topological polar surface area (TPSA) is 123 Å². The molecule has 0 saturated carbocycles. The van der Waals surface area contributed by atoms with Crippen molar-refractivity contribution in [2.75, 3.05) is 19.5 Å². The molecule has 0 atom stereocenters. The molecule has 0 saturated heterocycles. The quantitative estimate of drug-likeness (QED) is 0.163. The number of Topliss-reactive ketones (excluding diaryl/α,β-unsaturated/α-hetero) is 1. The summed E-state index contributed by atoms with van der Waals surface area (Å²) in [7, 11) is 3.18. The van der Waals surface area contributed by atoms with Crippen molar-refractivity contribution in [3.8, 4) is 22.2 Å². The molecule has 3 aromatic heterocycles. The molecule has 0 spiro atoms. The zero-order valence-corrected chi connectivity index (χ0v) is 28.6. The van der Waals surface area contributed by atoms with Crippen molar-refractivity contribution < 1.29 is 19.1 Å². The van der Waals surface area contributed by atoms with Crippen LogP contribution in [0.3, 0.4) is 0 Å². The molecule has 45 heavy (non-hydrogen) atoms. The van der Waals surface area contributed by atoms with Crippen LogP contribution in [0.1, 0.15) is 89.1 Å². The number of aromatic amines is 1. The third kappa shape index (κ3) is 7.32. The number of carbonyl (C=O) groups excluding carboxylic acids is 2. The molecule has 2 aromatic carbocycles. The summed E-state index contributed by atoms with van der Waals surface area (Å²) in [5, 5.41) is 8.62. The van der Waals surface area contributed by atoms with Crippen molar-refractivity contribution in [1.82, 2.24) is 15.0 Å². The summed E-state index contributed by atoms with van der Waals surface area (Å²) in [5.41, 5.74) is 6.07. The number of rotatable bonds is 8. The maximum absolute atomic E-state index is 12.5. The van der Waals surface area contributed by atoms with Crippen LogP contribution in [0.5, 0.6) is 11.5 Å². The summed E-state index contributed by atoms with van der Waals surface area (Å²) in [6.45, 7) is 13.5. The fourth-order valence-corrected chi connectivity index (χ4v) is 6.47. The number of ether oxygens (including phenoxy) is 2. The van der Waals surface area contributed by atoms with Gasteiger partial charge in [-0.15, -0.1) is 22.7 Å². The Labute approximate surface area is 270 Å². The number of nitrogens with one attached hydrogen (secondary N) is 2. The fourth-order valence-electron chi connectivity index (χ4n) is 4.64. The van der Waals surface area contributed by atoms with E-state index in [0.717, 1.165) is 38.9 Å². The van der Waals surface area contributed by atoms with Crippen LogP contribution in [0.4, 0.5) is 5.69 Å². The standard InChI is InChI=1S/C17H20N2O3S.C17H18N2O2S/c1-9(2)13-8-23-17(18-13)16(21)19-15-10(3)14(22-5)7-6-12(15)11(4)20;1-9(2)13-8-22-17(19-13)12-7-14(20)11-5-6-15(21-4)10(3)16(11)18-12/h6-9H,1-5H3,(H,19,21);5-9H,1-4H3,(H,18,20). The first-order valence-electron chi connectivity index (χ1n) is 14.5. The van der Waals surface area contributed by atoms with Gasteiger partial charge in [-0.2, -0.15) is 0 Å². The second kappa shape index (κ2) is 14.2. The summed E-state index contributed by atoms with van der Waals surface area (Å²) in [6, 6.07) is 8.63. The predicted octanol–water partition coefficient (Wildman–Crippen LogP) is 8.13. The third-order valence-corrected chi connectivity index (χ3v) is 9.09. The van der Waals surface area contributed by atoms with Crippen LogP contribution in [-0.2, 0) is 0 Å². The lowest BCUT2D eigenvalue weighted by Gasteiger charge is -2.14. The highest BCUT2D eigenvalue weighted by Gasteiger charge is 2.19. The lowest BCUT2D eigenvalue weighted by molar-refractivity contribution is 0.101. The largest absolute Gasteiger partial charge is 0.496 e. The van der Waals surface area contributed by atoms with Crippen molar-refractivity contribution >= 4 is 51.0 Å². The van der Waals surface area contributed by atoms with E-state index in [4.69, 9.17) is 9.47 Å². The summed E-state index contributed by atoms with van der Waals surface area (Å²) >= 11 is 2.85. The number of aryl methyl sites for hydroxylation is 1. The van der Waals surface area contributed by atoms with E-state index in [1.807, 2.05) is 44.5 Å². The highest BCUT2D eigenvalue weighted by molar-refractivity contribution is 7.13. The number of carbonyl (C=O) groups is 2. The maximum Gasteiger partial charge on any atom is 0.284 e. The van der Waals surface area contributed by atoms with Gasteiger partial charge in [-0.1, -0.05) is 27.7 Å². The van der Waals surface area contributed by atoms with Crippen molar-refractivity contribution in [2.45, 2.75) is 60.3 Å². The van der Waals surface area contributed by atoms with Crippen LogP contribution in [-0.4, -0.2) is 40.9 Å². The van der Waals surface area contributed by atoms with Gasteiger partial charge >= 0.3 is 0 Å². The van der Waals surface area contributed by atoms with Gasteiger partial charge in [-0.25, -0.2) is 9.97 Å². The summed E-state index contributed by atoms with van der Waals surface area (Å²) < 4.78 is 10.6. The Hall–Kier alpha value is -4.35. The number of benzene rings is 2. The van der Waals surface area contributed by atoms with E-state index in [2.05, 4.69) is 34.1 Å². The molecular formula is C34H38N4O5S2. The van der Waals surface area contributed by atoms with Gasteiger partial charge in [-0.3, -0.25) is 14.4 Å². The van der Waals surface area contributed by atoms with Crippen LogP contribution in [0.2, 0.25) is 0 Å².